The first kappa shape index (κ1) is 28.3. The summed E-state index contributed by atoms with van der Waals surface area (Å²) in [4.78, 5) is 12.4. The Morgan fingerprint density at radius 1 is 1.00 bits per heavy atom. The van der Waals surface area contributed by atoms with Gasteiger partial charge >= 0.3 is 5.97 Å². The van der Waals surface area contributed by atoms with E-state index in [-0.39, 0.29) is 33.1 Å². The molecule has 0 radical (unpaired) electrons. The molecule has 0 fully saturated rings. The number of anilines is 2. The van der Waals surface area contributed by atoms with Crippen LogP contribution in [0.1, 0.15) is 22.7 Å². The number of nitrogens with one attached hydrogen (secondary N) is 1. The van der Waals surface area contributed by atoms with Gasteiger partial charge in [-0.15, -0.1) is 0 Å². The van der Waals surface area contributed by atoms with Crippen LogP contribution in [0.4, 0.5) is 11.4 Å². The lowest BCUT2D eigenvalue weighted by molar-refractivity contribution is -0.138. The van der Waals surface area contributed by atoms with Crippen molar-refractivity contribution in [2.24, 2.45) is 0 Å². The topological polar surface area (TPSA) is 163 Å². The third-order valence-corrected chi connectivity index (χ3v) is 8.46. The molecule has 1 atom stereocenters. The quantitative estimate of drug-likeness (QED) is 0.357. The lowest BCUT2D eigenvalue weighted by Crippen LogP contribution is -2.37. The number of sulfonamides is 2. The maximum absolute atomic E-state index is 12.7. The van der Waals surface area contributed by atoms with Crippen LogP contribution in [-0.2, 0) is 31.4 Å². The van der Waals surface area contributed by atoms with E-state index in [1.165, 1.54) is 37.4 Å². The molecule has 11 nitrogen and oxygen atoms in total. The zero-order chi connectivity index (χ0) is 28.1. The molecule has 1 unspecified atom stereocenters. The minimum absolute atomic E-state index is 0.00471. The van der Waals surface area contributed by atoms with Gasteiger partial charge in [-0.2, -0.15) is 8.97 Å². The molecule has 0 bridgehead atoms. The van der Waals surface area contributed by atoms with Crippen molar-refractivity contribution in [3.63, 3.8) is 0 Å². The first-order chi connectivity index (χ1) is 17.8. The smallest absolute Gasteiger partial charge is 0.330 e. The molecule has 38 heavy (non-hydrogen) atoms. The molecule has 0 aliphatic heterocycles. The maximum Gasteiger partial charge on any atom is 0.330 e. The summed E-state index contributed by atoms with van der Waals surface area (Å²) < 4.78 is 62.1. The number of hydrogen-bond acceptors (Lipinski definition) is 9. The molecule has 0 aliphatic carbocycles. The lowest BCUT2D eigenvalue weighted by Gasteiger charge is -2.27. The van der Waals surface area contributed by atoms with E-state index in [2.05, 4.69) is 5.32 Å². The molecule has 2 N–H and O–H groups in total. The van der Waals surface area contributed by atoms with Crippen molar-refractivity contribution >= 4 is 37.4 Å². The summed E-state index contributed by atoms with van der Waals surface area (Å²) in [7, 11) is -7.59. The van der Waals surface area contributed by atoms with Gasteiger partial charge in [-0.05, 0) is 35.9 Å². The van der Waals surface area contributed by atoms with E-state index in [0.717, 1.165) is 11.6 Å². The van der Waals surface area contributed by atoms with Gasteiger partial charge in [0.25, 0.3) is 0 Å². The molecule has 13 heteroatoms. The van der Waals surface area contributed by atoms with Crippen LogP contribution in [-0.4, -0.2) is 47.5 Å². The van der Waals surface area contributed by atoms with Crippen molar-refractivity contribution in [2.75, 3.05) is 28.6 Å². The molecular formula is C25H25N3O8S2. The molecule has 0 heterocycles. The Hall–Kier alpha value is -4.28. The van der Waals surface area contributed by atoms with Gasteiger partial charge in [-0.25, -0.2) is 21.6 Å². The number of rotatable bonds is 11. The number of hydrogen-bond donors (Lipinski definition) is 2. The first-order valence-corrected chi connectivity index (χ1v) is 14.6. The van der Waals surface area contributed by atoms with Gasteiger partial charge < -0.3 is 19.9 Å². The van der Waals surface area contributed by atoms with Crippen LogP contribution in [0.15, 0.2) is 66.7 Å². The van der Waals surface area contributed by atoms with Gasteiger partial charge in [0.1, 0.15) is 6.61 Å². The predicted octanol–water partition coefficient (Wildman–Crippen LogP) is 3.11. The van der Waals surface area contributed by atoms with Gasteiger partial charge in [-0.3, -0.25) is 0 Å². The minimum atomic E-state index is -4.45. The molecule has 0 aromatic heterocycles. The Bertz CT molecular complexity index is 1540. The third-order valence-electron chi connectivity index (χ3n) is 5.23. The fourth-order valence-electron chi connectivity index (χ4n) is 3.65. The van der Waals surface area contributed by atoms with Gasteiger partial charge in [0.15, 0.2) is 17.5 Å². The van der Waals surface area contributed by atoms with E-state index in [9.17, 15) is 26.7 Å². The number of methoxy groups -OCH3 is 1. The highest BCUT2D eigenvalue weighted by Gasteiger charge is 2.35. The zero-order valence-corrected chi connectivity index (χ0v) is 22.3. The van der Waals surface area contributed by atoms with Crippen LogP contribution in [0.5, 0.6) is 11.5 Å². The molecule has 0 aliphatic rings. The highest BCUT2D eigenvalue weighted by Crippen LogP contribution is 2.41. The predicted molar refractivity (Wildman–Crippen MR) is 141 cm³/mol. The second kappa shape index (κ2) is 11.4. The van der Waals surface area contributed by atoms with Crippen molar-refractivity contribution in [1.82, 2.24) is 0 Å². The Labute approximate surface area is 221 Å². The van der Waals surface area contributed by atoms with Crippen molar-refractivity contribution in [3.8, 4) is 17.6 Å². The van der Waals surface area contributed by atoms with E-state index >= 15 is 0 Å². The minimum Gasteiger partial charge on any atom is -0.493 e. The summed E-state index contributed by atoms with van der Waals surface area (Å²) in [5.41, 5.74) is 0.726. The Kier molecular flexibility index (Phi) is 8.49. The summed E-state index contributed by atoms with van der Waals surface area (Å²) in [6.07, 6.45) is 1.38. The molecule has 0 saturated heterocycles. The number of aliphatic carboxylic acids is 1. The van der Waals surface area contributed by atoms with Crippen molar-refractivity contribution in [1.29, 1.82) is 5.26 Å². The summed E-state index contributed by atoms with van der Waals surface area (Å²) in [5.74, 6) is -1.39. The maximum atomic E-state index is 12.7. The van der Waals surface area contributed by atoms with E-state index in [1.54, 1.807) is 24.3 Å². The number of carbonyl (C=O) groups is 1. The van der Waals surface area contributed by atoms with Crippen LogP contribution < -0.4 is 18.5 Å². The highest BCUT2D eigenvalue weighted by molar-refractivity contribution is 8.09. The van der Waals surface area contributed by atoms with E-state index < -0.39 is 37.7 Å². The fourth-order valence-corrected chi connectivity index (χ4v) is 6.64. The van der Waals surface area contributed by atoms with Crippen LogP contribution in [0.25, 0.3) is 0 Å². The van der Waals surface area contributed by atoms with Crippen molar-refractivity contribution < 1.29 is 36.2 Å². The van der Waals surface area contributed by atoms with Gasteiger partial charge in [0, 0.05) is 17.3 Å². The van der Waals surface area contributed by atoms with E-state index in [1.807, 2.05) is 12.1 Å². The first-order valence-electron chi connectivity index (χ1n) is 10.9. The molecule has 3 aromatic rings. The third kappa shape index (κ3) is 6.72. The number of nitriles is 1. The Morgan fingerprint density at radius 2 is 1.61 bits per heavy atom. The lowest BCUT2D eigenvalue weighted by atomic mass is 10.0. The van der Waals surface area contributed by atoms with Crippen LogP contribution in [0.3, 0.4) is 0 Å². The highest BCUT2D eigenvalue weighted by atomic mass is 32.3. The SMILES string of the molecule is COc1cc(C(Nc2ccc(C#N)cc2)C(=O)O)c(N(S(C)(=O)=O)S(C)(=O)=O)cc1OCc1ccccc1. The van der Waals surface area contributed by atoms with E-state index in [0.29, 0.717) is 18.1 Å². The molecule has 0 amide bonds. The number of nitrogens with zero attached hydrogens (tertiary/aromatic N) is 2. The second-order valence-electron chi connectivity index (χ2n) is 8.16. The van der Waals surface area contributed by atoms with Gasteiger partial charge in [0.05, 0.1) is 36.9 Å². The summed E-state index contributed by atoms with van der Waals surface area (Å²) >= 11 is 0. The molecule has 0 spiro atoms. The van der Waals surface area contributed by atoms with Gasteiger partial charge in [0.2, 0.25) is 20.0 Å². The standard InChI is InChI=1S/C25H25N3O8S2/c1-35-22-13-20(24(25(29)30)27-19-11-9-17(15-26)10-12-19)21(28(37(2,31)32)38(3,33)34)14-23(22)36-16-18-7-5-4-6-8-18/h4-14,24,27H,16H2,1-3H3,(H,29,30). The number of carboxylic acid groups (broad SMARTS) is 1. The number of benzene rings is 3. The van der Waals surface area contributed by atoms with Gasteiger partial charge in [-0.1, -0.05) is 30.3 Å². The van der Waals surface area contributed by atoms with Crippen LogP contribution in [0.2, 0.25) is 0 Å². The van der Waals surface area contributed by atoms with Crippen molar-refractivity contribution in [2.45, 2.75) is 12.6 Å². The second-order valence-corrected chi connectivity index (χ2v) is 12.1. The average molecular weight is 560 g/mol. The largest absolute Gasteiger partial charge is 0.493 e. The van der Waals surface area contributed by atoms with E-state index in [4.69, 9.17) is 14.7 Å². The van der Waals surface area contributed by atoms with Crippen molar-refractivity contribution in [3.05, 3.63) is 83.4 Å². The number of ether oxygens (including phenoxy) is 2. The number of carboxylic acids is 1. The molecule has 3 aromatic carbocycles. The summed E-state index contributed by atoms with van der Waals surface area (Å²) in [5, 5.41) is 21.8. The molecule has 3 rings (SSSR count). The fraction of sp³-hybridized carbons (Fsp3) is 0.200. The Balaban J connectivity index is 2.22. The molecule has 0 saturated carbocycles. The zero-order valence-electron chi connectivity index (χ0n) is 20.7. The monoisotopic (exact) mass is 559 g/mol. The Morgan fingerprint density at radius 3 is 2.11 bits per heavy atom. The molecule has 200 valence electrons. The summed E-state index contributed by atoms with van der Waals surface area (Å²) in [6, 6.07) is 17.5. The molecular weight excluding hydrogens is 534 g/mol. The van der Waals surface area contributed by atoms with Crippen LogP contribution in [0, 0.1) is 11.3 Å². The van der Waals surface area contributed by atoms with Crippen LogP contribution >= 0.6 is 0 Å². The normalized spacial score (nSPS) is 12.2. The summed E-state index contributed by atoms with van der Waals surface area (Å²) in [6.45, 7) is 0.0413. The average Bonchev–Trinajstić information content (AvgIpc) is 2.85.